The third kappa shape index (κ3) is 6.00. The van der Waals surface area contributed by atoms with Gasteiger partial charge in [-0.25, -0.2) is 0 Å². The van der Waals surface area contributed by atoms with Gasteiger partial charge >= 0.3 is 0 Å². The molecule has 0 aliphatic carbocycles. The molecule has 1 aliphatic rings. The van der Waals surface area contributed by atoms with Gasteiger partial charge in [0.25, 0.3) is 0 Å². The van der Waals surface area contributed by atoms with Crippen LogP contribution in [-0.4, -0.2) is 17.7 Å². The summed E-state index contributed by atoms with van der Waals surface area (Å²) in [5.41, 5.74) is 6.20. The van der Waals surface area contributed by atoms with Gasteiger partial charge in [0.05, 0.1) is 18.0 Å². The molecular weight excluding hydrogens is 316 g/mol. The molecular formula is C20H30N2O3. The van der Waals surface area contributed by atoms with Crippen molar-refractivity contribution in [3.63, 3.8) is 0 Å². The zero-order valence-electron chi connectivity index (χ0n) is 16.1. The SMILES string of the molecule is CC(C)(C)C1CC(=O)N(c2ccc(CC(N)=O)cc2)C1=O.CC(C)C. The second-order valence-electron chi connectivity index (χ2n) is 8.23. The summed E-state index contributed by atoms with van der Waals surface area (Å²) in [6.45, 7) is 12.4. The van der Waals surface area contributed by atoms with E-state index in [9.17, 15) is 14.4 Å². The molecule has 2 N–H and O–H groups in total. The molecule has 1 atom stereocenters. The maximum Gasteiger partial charge on any atom is 0.237 e. The van der Waals surface area contributed by atoms with Crippen molar-refractivity contribution < 1.29 is 14.4 Å². The molecule has 1 aromatic rings. The van der Waals surface area contributed by atoms with Crippen LogP contribution in [0.2, 0.25) is 0 Å². The number of hydrogen-bond donors (Lipinski definition) is 1. The number of hydrogen-bond acceptors (Lipinski definition) is 3. The van der Waals surface area contributed by atoms with Crippen LogP contribution in [-0.2, 0) is 20.8 Å². The number of carbonyl (C=O) groups is 3. The minimum absolute atomic E-state index is 0.146. The molecule has 5 heteroatoms. The summed E-state index contributed by atoms with van der Waals surface area (Å²) in [5, 5.41) is 0. The molecule has 25 heavy (non-hydrogen) atoms. The topological polar surface area (TPSA) is 80.5 Å². The highest BCUT2D eigenvalue weighted by atomic mass is 16.2. The van der Waals surface area contributed by atoms with Gasteiger partial charge in [-0.15, -0.1) is 0 Å². The van der Waals surface area contributed by atoms with E-state index >= 15 is 0 Å². The Labute approximate surface area is 150 Å². The average Bonchev–Trinajstić information content (AvgIpc) is 2.74. The number of rotatable bonds is 3. The van der Waals surface area contributed by atoms with Crippen LogP contribution < -0.4 is 10.6 Å². The van der Waals surface area contributed by atoms with Gasteiger partial charge in [0, 0.05) is 6.42 Å². The fraction of sp³-hybridized carbons (Fsp3) is 0.550. The van der Waals surface area contributed by atoms with E-state index in [1.165, 1.54) is 4.90 Å². The second-order valence-corrected chi connectivity index (χ2v) is 8.23. The van der Waals surface area contributed by atoms with E-state index in [4.69, 9.17) is 5.73 Å². The Morgan fingerprint density at radius 2 is 1.64 bits per heavy atom. The number of benzene rings is 1. The largest absolute Gasteiger partial charge is 0.369 e. The fourth-order valence-electron chi connectivity index (χ4n) is 2.54. The van der Waals surface area contributed by atoms with Gasteiger partial charge in [0.15, 0.2) is 0 Å². The highest BCUT2D eigenvalue weighted by Crippen LogP contribution is 2.37. The lowest BCUT2D eigenvalue weighted by molar-refractivity contribution is -0.124. The van der Waals surface area contributed by atoms with E-state index < -0.39 is 5.91 Å². The van der Waals surface area contributed by atoms with Gasteiger partial charge in [-0.05, 0) is 29.0 Å². The van der Waals surface area contributed by atoms with E-state index in [-0.39, 0.29) is 36.0 Å². The van der Waals surface area contributed by atoms with E-state index in [0.717, 1.165) is 11.5 Å². The highest BCUT2D eigenvalue weighted by molar-refractivity contribution is 6.21. The van der Waals surface area contributed by atoms with Crippen molar-refractivity contribution in [2.75, 3.05) is 4.90 Å². The zero-order valence-corrected chi connectivity index (χ0v) is 16.1. The maximum absolute atomic E-state index is 12.5. The number of nitrogens with zero attached hydrogens (tertiary/aromatic N) is 1. The Balaban J connectivity index is 0.000000705. The first-order chi connectivity index (χ1) is 11.4. The molecule has 2 rings (SSSR count). The standard InChI is InChI=1S/C16H20N2O3.C4H10/c1-16(2,3)12-9-14(20)18(15(12)21)11-6-4-10(5-7-11)8-13(17)19;1-4(2)3/h4-7,12H,8-9H2,1-3H3,(H2,17,19);4H,1-3H3. The quantitative estimate of drug-likeness (QED) is 0.853. The summed E-state index contributed by atoms with van der Waals surface area (Å²) >= 11 is 0. The Kier molecular flexibility index (Phi) is 6.91. The first kappa shape index (κ1) is 20.9. The van der Waals surface area contributed by atoms with Crippen LogP contribution in [0.1, 0.15) is 53.5 Å². The van der Waals surface area contributed by atoms with Crippen molar-refractivity contribution in [2.45, 2.75) is 54.4 Å². The van der Waals surface area contributed by atoms with Crippen LogP contribution in [0.5, 0.6) is 0 Å². The van der Waals surface area contributed by atoms with Crippen molar-refractivity contribution in [1.82, 2.24) is 0 Å². The molecule has 1 saturated heterocycles. The lowest BCUT2D eigenvalue weighted by Gasteiger charge is -2.24. The number of imide groups is 1. The summed E-state index contributed by atoms with van der Waals surface area (Å²) in [6, 6.07) is 6.79. The Hall–Kier alpha value is -2.17. The zero-order chi connectivity index (χ0) is 19.4. The monoisotopic (exact) mass is 346 g/mol. The molecule has 0 saturated carbocycles. The van der Waals surface area contributed by atoms with Crippen LogP contribution in [0, 0.1) is 17.3 Å². The van der Waals surface area contributed by atoms with Crippen LogP contribution >= 0.6 is 0 Å². The minimum Gasteiger partial charge on any atom is -0.369 e. The number of nitrogens with two attached hydrogens (primary N) is 1. The molecule has 0 spiro atoms. The van der Waals surface area contributed by atoms with Crippen LogP contribution in [0.4, 0.5) is 5.69 Å². The van der Waals surface area contributed by atoms with Crippen LogP contribution in [0.25, 0.3) is 0 Å². The summed E-state index contributed by atoms with van der Waals surface area (Å²) in [6.07, 6.45) is 0.387. The van der Waals surface area contributed by atoms with Gasteiger partial charge < -0.3 is 5.73 Å². The number of amides is 3. The average molecular weight is 346 g/mol. The second kappa shape index (κ2) is 8.28. The molecule has 138 valence electrons. The molecule has 1 unspecified atom stereocenters. The van der Waals surface area contributed by atoms with Gasteiger partial charge in [-0.3, -0.25) is 19.3 Å². The molecule has 1 fully saturated rings. The highest BCUT2D eigenvalue weighted by Gasteiger charge is 2.45. The van der Waals surface area contributed by atoms with Crippen LogP contribution in [0.15, 0.2) is 24.3 Å². The van der Waals surface area contributed by atoms with Gasteiger partial charge in [-0.1, -0.05) is 53.7 Å². The number of carbonyl (C=O) groups excluding carboxylic acids is 3. The Bertz CT molecular complexity index is 625. The van der Waals surface area contributed by atoms with Crippen LogP contribution in [0.3, 0.4) is 0 Å². The predicted molar refractivity (Wildman–Crippen MR) is 99.9 cm³/mol. The van der Waals surface area contributed by atoms with Crippen molar-refractivity contribution in [3.05, 3.63) is 29.8 Å². The molecule has 0 aromatic heterocycles. The molecule has 3 amide bonds. The lowest BCUT2D eigenvalue weighted by Crippen LogP contribution is -2.34. The van der Waals surface area contributed by atoms with Gasteiger partial charge in [-0.2, -0.15) is 0 Å². The molecule has 0 bridgehead atoms. The van der Waals surface area contributed by atoms with Crippen molar-refractivity contribution >= 4 is 23.4 Å². The third-order valence-corrected chi connectivity index (χ3v) is 3.76. The third-order valence-electron chi connectivity index (χ3n) is 3.76. The van der Waals surface area contributed by atoms with E-state index in [0.29, 0.717) is 5.69 Å². The summed E-state index contributed by atoms with van der Waals surface area (Å²) < 4.78 is 0. The number of anilines is 1. The first-order valence-corrected chi connectivity index (χ1v) is 8.67. The maximum atomic E-state index is 12.5. The molecule has 5 nitrogen and oxygen atoms in total. The van der Waals surface area contributed by atoms with E-state index in [2.05, 4.69) is 20.8 Å². The van der Waals surface area contributed by atoms with Gasteiger partial charge in [0.1, 0.15) is 0 Å². The summed E-state index contributed by atoms with van der Waals surface area (Å²) in [5.74, 6) is -0.211. The minimum atomic E-state index is -0.413. The van der Waals surface area contributed by atoms with Gasteiger partial charge in [0.2, 0.25) is 17.7 Å². The van der Waals surface area contributed by atoms with Crippen molar-refractivity contribution in [2.24, 2.45) is 23.0 Å². The number of primary amides is 1. The molecule has 1 aromatic carbocycles. The van der Waals surface area contributed by atoms with E-state index in [1.54, 1.807) is 24.3 Å². The van der Waals surface area contributed by atoms with Crippen molar-refractivity contribution in [1.29, 1.82) is 0 Å². The fourth-order valence-corrected chi connectivity index (χ4v) is 2.54. The molecule has 1 aliphatic heterocycles. The normalized spacial score (nSPS) is 17.6. The smallest absolute Gasteiger partial charge is 0.237 e. The summed E-state index contributed by atoms with van der Waals surface area (Å²) in [7, 11) is 0. The molecule has 1 heterocycles. The first-order valence-electron chi connectivity index (χ1n) is 8.67. The summed E-state index contributed by atoms with van der Waals surface area (Å²) in [4.78, 5) is 36.7. The Morgan fingerprint density at radius 3 is 2.00 bits per heavy atom. The lowest BCUT2D eigenvalue weighted by atomic mass is 9.80. The predicted octanol–water partition coefficient (Wildman–Crippen LogP) is 3.30. The van der Waals surface area contributed by atoms with E-state index in [1.807, 2.05) is 20.8 Å². The van der Waals surface area contributed by atoms with Crippen molar-refractivity contribution in [3.8, 4) is 0 Å². The molecule has 0 radical (unpaired) electrons. The Morgan fingerprint density at radius 1 is 1.16 bits per heavy atom.